The number of benzene rings is 1. The van der Waals surface area contributed by atoms with Crippen LogP contribution in [0, 0.1) is 12.3 Å². The number of hydrogen-bond acceptors (Lipinski definition) is 6. The van der Waals surface area contributed by atoms with Gasteiger partial charge in [-0.25, -0.2) is 18.0 Å². The first kappa shape index (κ1) is 23.4. The van der Waals surface area contributed by atoms with E-state index in [1.54, 1.807) is 39.0 Å². The van der Waals surface area contributed by atoms with E-state index in [1.807, 2.05) is 0 Å². The van der Waals surface area contributed by atoms with Gasteiger partial charge in [-0.1, -0.05) is 24.1 Å². The molecule has 1 aliphatic rings. The van der Waals surface area contributed by atoms with Gasteiger partial charge in [0, 0.05) is 19.2 Å². The molecule has 1 aromatic rings. The van der Waals surface area contributed by atoms with Crippen molar-refractivity contribution in [2.75, 3.05) is 20.2 Å². The summed E-state index contributed by atoms with van der Waals surface area (Å²) in [5, 5.41) is 0. The van der Waals surface area contributed by atoms with Crippen LogP contribution in [0.1, 0.15) is 27.2 Å². The zero-order valence-corrected chi connectivity index (χ0v) is 18.3. The van der Waals surface area contributed by atoms with Crippen LogP contribution in [0.15, 0.2) is 47.0 Å². The third kappa shape index (κ3) is 5.62. The number of carbonyl (C=O) groups excluding carboxylic acids is 2. The van der Waals surface area contributed by atoms with Crippen molar-refractivity contribution in [3.63, 3.8) is 0 Å². The summed E-state index contributed by atoms with van der Waals surface area (Å²) in [4.78, 5) is 26.0. The summed E-state index contributed by atoms with van der Waals surface area (Å²) in [6.07, 6.45) is 6.20. The van der Waals surface area contributed by atoms with E-state index in [9.17, 15) is 18.0 Å². The smallest absolute Gasteiger partial charge is 0.415 e. The van der Waals surface area contributed by atoms with Gasteiger partial charge < -0.3 is 9.47 Å². The minimum atomic E-state index is -3.86. The standard InChI is InChI=1S/C21H26N2O6S/c1-6-12-22(30(26,27)17-10-8-7-9-11-17)14-16-13-18(19(24)28-5)23(15-16)20(25)29-21(2,3)4/h1,7-11,15,18H,12-14H2,2-5H3/t18-/m1/s1. The molecule has 0 radical (unpaired) electrons. The summed E-state index contributed by atoms with van der Waals surface area (Å²) in [5.74, 6) is 1.73. The molecule has 8 nitrogen and oxygen atoms in total. The lowest BCUT2D eigenvalue weighted by molar-refractivity contribution is -0.145. The van der Waals surface area contributed by atoms with Gasteiger partial charge in [-0.2, -0.15) is 4.31 Å². The molecule has 1 amide bonds. The molecule has 30 heavy (non-hydrogen) atoms. The molecule has 9 heteroatoms. The Balaban J connectivity index is 2.31. The summed E-state index contributed by atoms with van der Waals surface area (Å²) in [5.41, 5.74) is -0.230. The van der Waals surface area contributed by atoms with Gasteiger partial charge in [-0.05, 0) is 38.5 Å². The van der Waals surface area contributed by atoms with Crippen LogP contribution in [0.2, 0.25) is 0 Å². The Bertz CT molecular complexity index is 957. The third-order valence-electron chi connectivity index (χ3n) is 4.22. The van der Waals surface area contributed by atoms with Crippen LogP contribution in [-0.2, 0) is 24.3 Å². The Morgan fingerprint density at radius 2 is 1.90 bits per heavy atom. The number of carbonyl (C=O) groups is 2. The van der Waals surface area contributed by atoms with Crippen molar-refractivity contribution >= 4 is 22.1 Å². The van der Waals surface area contributed by atoms with Crippen molar-refractivity contribution in [3.05, 3.63) is 42.1 Å². The van der Waals surface area contributed by atoms with E-state index in [2.05, 4.69) is 5.92 Å². The van der Waals surface area contributed by atoms with Crippen molar-refractivity contribution in [1.82, 2.24) is 9.21 Å². The predicted molar refractivity (Wildman–Crippen MR) is 111 cm³/mol. The SMILES string of the molecule is C#CCN(CC1=CN(C(=O)OC(C)(C)C)[C@@H](C(=O)OC)C1)S(=O)(=O)c1ccccc1. The molecule has 162 valence electrons. The number of rotatable bonds is 6. The van der Waals surface area contributed by atoms with Crippen molar-refractivity contribution in [2.45, 2.75) is 43.7 Å². The van der Waals surface area contributed by atoms with E-state index in [1.165, 1.54) is 25.4 Å². The lowest BCUT2D eigenvalue weighted by atomic mass is 10.1. The third-order valence-corrected chi connectivity index (χ3v) is 6.02. The minimum Gasteiger partial charge on any atom is -0.467 e. The molecule has 0 bridgehead atoms. The second-order valence-corrected chi connectivity index (χ2v) is 9.65. The zero-order chi connectivity index (χ0) is 22.5. The van der Waals surface area contributed by atoms with Gasteiger partial charge in [-0.3, -0.25) is 4.90 Å². The highest BCUT2D eigenvalue weighted by molar-refractivity contribution is 7.89. The first-order valence-electron chi connectivity index (χ1n) is 9.27. The number of terminal acetylenes is 1. The molecule has 0 saturated heterocycles. The number of ether oxygens (including phenoxy) is 2. The van der Waals surface area contributed by atoms with Gasteiger partial charge in [0.15, 0.2) is 0 Å². The first-order chi connectivity index (χ1) is 14.0. The number of hydrogen-bond donors (Lipinski definition) is 0. The van der Waals surface area contributed by atoms with E-state index < -0.39 is 33.7 Å². The Kier molecular flexibility index (Phi) is 7.29. The minimum absolute atomic E-state index is 0.0752. The fraction of sp³-hybridized carbons (Fsp3) is 0.429. The summed E-state index contributed by atoms with van der Waals surface area (Å²) in [6.45, 7) is 4.89. The van der Waals surface area contributed by atoms with E-state index in [4.69, 9.17) is 15.9 Å². The van der Waals surface area contributed by atoms with Gasteiger partial charge in [0.1, 0.15) is 11.6 Å². The number of amides is 1. The molecule has 1 atom stereocenters. The average molecular weight is 435 g/mol. The van der Waals surface area contributed by atoms with Crippen molar-refractivity contribution in [2.24, 2.45) is 0 Å². The van der Waals surface area contributed by atoms with Crippen LogP contribution >= 0.6 is 0 Å². The van der Waals surface area contributed by atoms with Crippen molar-refractivity contribution in [3.8, 4) is 12.3 Å². The van der Waals surface area contributed by atoms with E-state index in [-0.39, 0.29) is 24.4 Å². The van der Waals surface area contributed by atoms with Crippen LogP contribution in [0.25, 0.3) is 0 Å². The largest absolute Gasteiger partial charge is 0.467 e. The fourth-order valence-corrected chi connectivity index (χ4v) is 4.29. The molecule has 1 aromatic carbocycles. The van der Waals surface area contributed by atoms with Gasteiger partial charge >= 0.3 is 12.1 Å². The van der Waals surface area contributed by atoms with Gasteiger partial charge in [0.2, 0.25) is 10.0 Å². The fourth-order valence-electron chi connectivity index (χ4n) is 2.91. The Labute approximate surface area is 177 Å². The number of nitrogens with zero attached hydrogens (tertiary/aromatic N) is 2. The molecule has 0 saturated carbocycles. The van der Waals surface area contributed by atoms with E-state index >= 15 is 0 Å². The highest BCUT2D eigenvalue weighted by Gasteiger charge is 2.39. The van der Waals surface area contributed by atoms with Crippen LogP contribution in [0.3, 0.4) is 0 Å². The van der Waals surface area contributed by atoms with Crippen LogP contribution in [0.5, 0.6) is 0 Å². The molecule has 1 heterocycles. The quantitative estimate of drug-likeness (QED) is 0.504. The maximum Gasteiger partial charge on any atom is 0.415 e. The second kappa shape index (κ2) is 9.32. The molecular formula is C21H26N2O6S. The topological polar surface area (TPSA) is 93.2 Å². The summed E-state index contributed by atoms with van der Waals surface area (Å²) >= 11 is 0. The molecule has 0 unspecified atom stereocenters. The summed E-state index contributed by atoms with van der Waals surface area (Å²) in [6, 6.07) is 6.97. The molecular weight excluding hydrogens is 408 g/mol. The van der Waals surface area contributed by atoms with Crippen molar-refractivity contribution in [1.29, 1.82) is 0 Å². The Morgan fingerprint density at radius 1 is 1.27 bits per heavy atom. The van der Waals surface area contributed by atoms with Crippen molar-refractivity contribution < 1.29 is 27.5 Å². The molecule has 2 rings (SSSR count). The van der Waals surface area contributed by atoms with E-state index in [0.29, 0.717) is 5.57 Å². The van der Waals surface area contributed by atoms with E-state index in [0.717, 1.165) is 9.21 Å². The van der Waals surface area contributed by atoms with Crippen LogP contribution in [-0.4, -0.2) is 61.5 Å². The average Bonchev–Trinajstić information content (AvgIpc) is 3.10. The maximum absolute atomic E-state index is 13.0. The molecule has 0 N–H and O–H groups in total. The zero-order valence-electron chi connectivity index (χ0n) is 17.5. The highest BCUT2D eigenvalue weighted by Crippen LogP contribution is 2.27. The Morgan fingerprint density at radius 3 is 2.43 bits per heavy atom. The maximum atomic E-state index is 13.0. The van der Waals surface area contributed by atoms with Crippen LogP contribution < -0.4 is 0 Å². The summed E-state index contributed by atoms with van der Waals surface area (Å²) < 4.78 is 37.3. The number of sulfonamides is 1. The lowest BCUT2D eigenvalue weighted by Crippen LogP contribution is -2.42. The Hall–Kier alpha value is -2.83. The van der Waals surface area contributed by atoms with Gasteiger partial charge in [-0.15, -0.1) is 6.42 Å². The highest BCUT2D eigenvalue weighted by atomic mass is 32.2. The number of methoxy groups -OCH3 is 1. The normalized spacial score (nSPS) is 16.7. The second-order valence-electron chi connectivity index (χ2n) is 7.71. The monoisotopic (exact) mass is 434 g/mol. The van der Waals surface area contributed by atoms with Crippen LogP contribution in [0.4, 0.5) is 4.79 Å². The first-order valence-corrected chi connectivity index (χ1v) is 10.7. The van der Waals surface area contributed by atoms with Gasteiger partial charge in [0.05, 0.1) is 18.6 Å². The molecule has 0 aromatic heterocycles. The molecule has 1 aliphatic heterocycles. The lowest BCUT2D eigenvalue weighted by Gasteiger charge is -2.26. The molecule has 0 aliphatic carbocycles. The van der Waals surface area contributed by atoms with Gasteiger partial charge in [0.25, 0.3) is 0 Å². The predicted octanol–water partition coefficient (Wildman–Crippen LogP) is 2.38. The molecule has 0 spiro atoms. The molecule has 0 fully saturated rings. The summed E-state index contributed by atoms with van der Waals surface area (Å²) in [7, 11) is -2.64. The number of esters is 1.